The number of carbonyl (C=O) groups is 2. The summed E-state index contributed by atoms with van der Waals surface area (Å²) in [4.78, 5) is 31.8. The van der Waals surface area contributed by atoms with Gasteiger partial charge in [0.2, 0.25) is 5.91 Å². The molecule has 1 saturated heterocycles. The summed E-state index contributed by atoms with van der Waals surface area (Å²) < 4.78 is 7.02. The lowest BCUT2D eigenvalue weighted by Gasteiger charge is -2.27. The minimum Gasteiger partial charge on any atom is -0.465 e. The van der Waals surface area contributed by atoms with E-state index in [1.54, 1.807) is 12.3 Å². The van der Waals surface area contributed by atoms with Gasteiger partial charge in [-0.15, -0.1) is 0 Å². The molecule has 1 amide bonds. The molecule has 2 atom stereocenters. The number of pyridine rings is 1. The third-order valence-corrected chi connectivity index (χ3v) is 7.24. The van der Waals surface area contributed by atoms with Gasteiger partial charge in [0.05, 0.1) is 30.5 Å². The number of esters is 1. The highest BCUT2D eigenvalue weighted by Gasteiger charge is 2.42. The Kier molecular flexibility index (Phi) is 7.42. The number of methoxy groups -OCH3 is 1. The fourth-order valence-corrected chi connectivity index (χ4v) is 5.47. The van der Waals surface area contributed by atoms with Crippen LogP contribution in [0.4, 0.5) is 5.69 Å². The second-order valence-corrected chi connectivity index (χ2v) is 9.76. The van der Waals surface area contributed by atoms with Crippen molar-refractivity contribution < 1.29 is 14.3 Å². The maximum atomic E-state index is 13.1. The fraction of sp³-hybridized carbons (Fsp3) is 0.200. The first-order chi connectivity index (χ1) is 18.9. The van der Waals surface area contributed by atoms with E-state index in [9.17, 15) is 9.59 Å². The van der Waals surface area contributed by atoms with Crippen LogP contribution in [0.1, 0.15) is 45.1 Å². The van der Waals surface area contributed by atoms with Crippen LogP contribution in [-0.2, 0) is 9.53 Å². The molecule has 5 rings (SSSR count). The molecule has 0 unspecified atom stereocenters. The number of hydrogen-bond donors (Lipinski definition) is 2. The molecule has 1 aliphatic rings. The number of nitrogens with zero attached hydrogens (tertiary/aromatic N) is 3. The molecule has 39 heavy (non-hydrogen) atoms. The Hall–Kier alpha value is -4.50. The van der Waals surface area contributed by atoms with E-state index in [0.717, 1.165) is 34.0 Å². The standard InChI is InChI=1S/C30H29N5O3S/c1-19-16-24(20(2)35(19)23-13-9-10-21(17-23)29(37)38-3)28-27(25-14-7-8-15-31-25)33-30(39)34(28)18-26(36)32-22-11-5-4-6-12-22/h4-17,27-28H,18H2,1-3H3,(H,32,36)(H,33,39)/t27-,28-/m0/s1. The first-order valence-electron chi connectivity index (χ1n) is 12.6. The molecule has 2 aromatic heterocycles. The van der Waals surface area contributed by atoms with Crippen LogP contribution >= 0.6 is 12.2 Å². The number of rotatable bonds is 7. The van der Waals surface area contributed by atoms with Crippen LogP contribution in [0, 0.1) is 13.8 Å². The molecule has 0 aliphatic carbocycles. The van der Waals surface area contributed by atoms with Crippen LogP contribution in [0.5, 0.6) is 0 Å². The molecule has 1 aliphatic heterocycles. The smallest absolute Gasteiger partial charge is 0.337 e. The number of para-hydroxylation sites is 1. The van der Waals surface area contributed by atoms with Crippen molar-refractivity contribution in [1.82, 2.24) is 19.8 Å². The van der Waals surface area contributed by atoms with E-state index in [4.69, 9.17) is 17.0 Å². The third kappa shape index (κ3) is 5.26. The van der Waals surface area contributed by atoms with Crippen LogP contribution < -0.4 is 10.6 Å². The highest BCUT2D eigenvalue weighted by molar-refractivity contribution is 7.80. The van der Waals surface area contributed by atoms with Gasteiger partial charge in [0.25, 0.3) is 0 Å². The minimum atomic E-state index is -0.393. The normalized spacial score (nSPS) is 16.6. The van der Waals surface area contributed by atoms with Crippen molar-refractivity contribution in [1.29, 1.82) is 0 Å². The first-order valence-corrected chi connectivity index (χ1v) is 13.0. The van der Waals surface area contributed by atoms with Crippen molar-refractivity contribution in [3.8, 4) is 5.69 Å². The molecule has 8 nitrogen and oxygen atoms in total. The van der Waals surface area contributed by atoms with E-state index in [-0.39, 0.29) is 24.5 Å². The molecule has 0 bridgehead atoms. The number of nitrogens with one attached hydrogen (secondary N) is 2. The zero-order valence-corrected chi connectivity index (χ0v) is 22.7. The maximum absolute atomic E-state index is 13.1. The van der Waals surface area contributed by atoms with Gasteiger partial charge in [-0.25, -0.2) is 4.79 Å². The Morgan fingerprint density at radius 2 is 1.79 bits per heavy atom. The molecular formula is C30H29N5O3S. The van der Waals surface area contributed by atoms with Crippen molar-refractivity contribution in [2.24, 2.45) is 0 Å². The van der Waals surface area contributed by atoms with Gasteiger partial charge in [-0.1, -0.05) is 30.3 Å². The number of hydrogen-bond acceptors (Lipinski definition) is 5. The Balaban J connectivity index is 1.54. The molecule has 0 saturated carbocycles. The SMILES string of the molecule is COC(=O)c1cccc(-n2c(C)cc([C@H]3[C@H](c4ccccn4)NC(=S)N3CC(=O)Nc3ccccc3)c2C)c1. The van der Waals surface area contributed by atoms with Gasteiger partial charge in [0.1, 0.15) is 6.54 Å². The van der Waals surface area contributed by atoms with Gasteiger partial charge in [-0.3, -0.25) is 9.78 Å². The van der Waals surface area contributed by atoms with Gasteiger partial charge in [-0.2, -0.15) is 0 Å². The van der Waals surface area contributed by atoms with Crippen LogP contribution in [0.3, 0.4) is 0 Å². The quantitative estimate of drug-likeness (QED) is 0.255. The average Bonchev–Trinajstić information content (AvgIpc) is 3.43. The summed E-state index contributed by atoms with van der Waals surface area (Å²) in [5.41, 5.74) is 5.83. The predicted molar refractivity (Wildman–Crippen MR) is 154 cm³/mol. The number of anilines is 1. The van der Waals surface area contributed by atoms with Crippen molar-refractivity contribution in [3.63, 3.8) is 0 Å². The molecular weight excluding hydrogens is 510 g/mol. The molecule has 2 aromatic carbocycles. The molecule has 198 valence electrons. The zero-order chi connectivity index (χ0) is 27.5. The van der Waals surface area contributed by atoms with Crippen LogP contribution in [0.15, 0.2) is 85.1 Å². The van der Waals surface area contributed by atoms with Gasteiger partial charge in [0.15, 0.2) is 5.11 Å². The molecule has 4 aromatic rings. The molecule has 1 fully saturated rings. The van der Waals surface area contributed by atoms with Crippen molar-refractivity contribution in [2.45, 2.75) is 25.9 Å². The van der Waals surface area contributed by atoms with E-state index in [2.05, 4.69) is 26.3 Å². The summed E-state index contributed by atoms with van der Waals surface area (Å²) in [6, 6.07) is 24.0. The van der Waals surface area contributed by atoms with Crippen LogP contribution in [0.2, 0.25) is 0 Å². The Morgan fingerprint density at radius 1 is 1.03 bits per heavy atom. The second-order valence-electron chi connectivity index (χ2n) is 9.37. The number of aromatic nitrogens is 2. The summed E-state index contributed by atoms with van der Waals surface area (Å²) in [5.74, 6) is -0.563. The van der Waals surface area contributed by atoms with Gasteiger partial charge in [0, 0.05) is 29.0 Å². The molecule has 0 radical (unpaired) electrons. The van der Waals surface area contributed by atoms with Crippen LogP contribution in [0.25, 0.3) is 5.69 Å². The monoisotopic (exact) mass is 539 g/mol. The van der Waals surface area contributed by atoms with Gasteiger partial charge < -0.3 is 24.8 Å². The summed E-state index contributed by atoms with van der Waals surface area (Å²) in [6.07, 6.45) is 1.75. The fourth-order valence-electron chi connectivity index (χ4n) is 5.17. The van der Waals surface area contributed by atoms with E-state index >= 15 is 0 Å². The molecule has 2 N–H and O–H groups in total. The molecule has 3 heterocycles. The van der Waals surface area contributed by atoms with E-state index in [1.165, 1.54) is 7.11 Å². The number of benzene rings is 2. The molecule has 9 heteroatoms. The lowest BCUT2D eigenvalue weighted by atomic mass is 9.96. The lowest BCUT2D eigenvalue weighted by molar-refractivity contribution is -0.116. The Bertz CT molecular complexity index is 1520. The maximum Gasteiger partial charge on any atom is 0.337 e. The van der Waals surface area contributed by atoms with Gasteiger partial charge in [-0.05, 0) is 80.2 Å². The summed E-state index contributed by atoms with van der Waals surface area (Å²) in [5, 5.41) is 6.86. The van der Waals surface area contributed by atoms with Gasteiger partial charge >= 0.3 is 5.97 Å². The average molecular weight is 540 g/mol. The Morgan fingerprint density at radius 3 is 2.51 bits per heavy atom. The topological polar surface area (TPSA) is 88.5 Å². The molecule has 0 spiro atoms. The van der Waals surface area contributed by atoms with Crippen molar-refractivity contribution in [3.05, 3.63) is 113 Å². The summed E-state index contributed by atoms with van der Waals surface area (Å²) >= 11 is 5.76. The largest absolute Gasteiger partial charge is 0.465 e. The van der Waals surface area contributed by atoms with E-state index < -0.39 is 5.97 Å². The zero-order valence-electron chi connectivity index (χ0n) is 21.9. The number of ether oxygens (including phenoxy) is 1. The van der Waals surface area contributed by atoms with E-state index in [0.29, 0.717) is 10.7 Å². The Labute approximate surface area is 232 Å². The number of aryl methyl sites for hydroxylation is 1. The predicted octanol–water partition coefficient (Wildman–Crippen LogP) is 4.89. The highest BCUT2D eigenvalue weighted by atomic mass is 32.1. The number of thiocarbonyl (C=S) groups is 1. The van der Waals surface area contributed by atoms with E-state index in [1.807, 2.05) is 85.5 Å². The number of carbonyl (C=O) groups excluding carboxylic acids is 2. The second kappa shape index (κ2) is 11.1. The lowest BCUT2D eigenvalue weighted by Crippen LogP contribution is -2.37. The van der Waals surface area contributed by atoms with Crippen molar-refractivity contribution in [2.75, 3.05) is 19.0 Å². The van der Waals surface area contributed by atoms with Crippen molar-refractivity contribution >= 4 is 34.9 Å². The summed E-state index contributed by atoms with van der Waals surface area (Å²) in [7, 11) is 1.37. The first kappa shape index (κ1) is 26.1. The number of amides is 1. The third-order valence-electron chi connectivity index (χ3n) is 6.88. The van der Waals surface area contributed by atoms with Crippen LogP contribution in [-0.4, -0.2) is 45.1 Å². The summed E-state index contributed by atoms with van der Waals surface area (Å²) in [6.45, 7) is 4.12. The minimum absolute atomic E-state index is 0.0657. The highest BCUT2D eigenvalue weighted by Crippen LogP contribution is 2.41.